The van der Waals surface area contributed by atoms with Gasteiger partial charge in [0.05, 0.1) is 18.2 Å². The highest BCUT2D eigenvalue weighted by Gasteiger charge is 2.22. The number of nitrogen functional groups attached to an aromatic ring is 1. The molecule has 1 unspecified atom stereocenters. The molecular weight excluding hydrogens is 436 g/mol. The number of morpholine rings is 1. The maximum absolute atomic E-state index is 6.16. The van der Waals surface area contributed by atoms with Crippen molar-refractivity contribution in [1.29, 1.82) is 0 Å². The van der Waals surface area contributed by atoms with Gasteiger partial charge in [0.25, 0.3) is 0 Å². The lowest BCUT2D eigenvalue weighted by molar-refractivity contribution is 0.0112. The zero-order valence-electron chi connectivity index (χ0n) is 15.3. The summed E-state index contributed by atoms with van der Waals surface area (Å²) in [6.45, 7) is 2.12. The standard InChI is InChI=1S/C20H17BrN6O2/c21-12-3-1-2-11(6-12)13-7-14(27-19-17(13)18(22)25-10-26-19)15-9-24-20(29-15)16-8-23-4-5-28-16/h1-3,6-7,9-10,16,23H,4-5,8H2,(H2,22,25,26,27). The van der Waals surface area contributed by atoms with Crippen molar-refractivity contribution in [3.8, 4) is 22.6 Å². The molecule has 0 spiro atoms. The van der Waals surface area contributed by atoms with Gasteiger partial charge in [-0.2, -0.15) is 0 Å². The molecule has 8 nitrogen and oxygen atoms in total. The van der Waals surface area contributed by atoms with Crippen LogP contribution in [0.2, 0.25) is 0 Å². The van der Waals surface area contributed by atoms with Gasteiger partial charge < -0.3 is 20.2 Å². The summed E-state index contributed by atoms with van der Waals surface area (Å²) >= 11 is 3.53. The second-order valence-electron chi connectivity index (χ2n) is 6.65. The summed E-state index contributed by atoms with van der Waals surface area (Å²) in [6, 6.07) is 9.87. The van der Waals surface area contributed by atoms with Crippen molar-refractivity contribution in [1.82, 2.24) is 25.3 Å². The molecule has 0 bridgehead atoms. The zero-order valence-corrected chi connectivity index (χ0v) is 16.9. The van der Waals surface area contributed by atoms with E-state index in [9.17, 15) is 0 Å². The molecule has 1 aliphatic rings. The molecule has 146 valence electrons. The van der Waals surface area contributed by atoms with E-state index >= 15 is 0 Å². The Hall–Kier alpha value is -2.88. The molecule has 1 aromatic carbocycles. The molecule has 9 heteroatoms. The summed E-state index contributed by atoms with van der Waals surface area (Å²) in [5.74, 6) is 1.45. The molecular formula is C20H17BrN6O2. The van der Waals surface area contributed by atoms with Crippen LogP contribution in [0.4, 0.5) is 5.82 Å². The Morgan fingerprint density at radius 2 is 2.10 bits per heavy atom. The van der Waals surface area contributed by atoms with Crippen LogP contribution in [0.1, 0.15) is 12.0 Å². The molecule has 4 heterocycles. The van der Waals surface area contributed by atoms with Crippen LogP contribution in [0.25, 0.3) is 33.6 Å². The molecule has 0 radical (unpaired) electrons. The number of benzene rings is 1. The van der Waals surface area contributed by atoms with Gasteiger partial charge in [-0.15, -0.1) is 0 Å². The van der Waals surface area contributed by atoms with Gasteiger partial charge in [-0.1, -0.05) is 28.1 Å². The van der Waals surface area contributed by atoms with Crippen molar-refractivity contribution in [2.45, 2.75) is 6.10 Å². The first-order chi connectivity index (χ1) is 14.2. The fourth-order valence-electron chi connectivity index (χ4n) is 3.38. The monoisotopic (exact) mass is 452 g/mol. The Balaban J connectivity index is 1.65. The molecule has 5 rings (SSSR count). The number of nitrogens with zero attached hydrogens (tertiary/aromatic N) is 4. The van der Waals surface area contributed by atoms with Gasteiger partial charge in [-0.3, -0.25) is 0 Å². The highest BCUT2D eigenvalue weighted by molar-refractivity contribution is 9.10. The molecule has 1 saturated heterocycles. The number of fused-ring (bicyclic) bond motifs is 1. The first-order valence-electron chi connectivity index (χ1n) is 9.14. The van der Waals surface area contributed by atoms with Crippen LogP contribution in [-0.4, -0.2) is 39.6 Å². The summed E-state index contributed by atoms with van der Waals surface area (Å²) in [5, 5.41) is 3.98. The van der Waals surface area contributed by atoms with E-state index < -0.39 is 0 Å². The highest BCUT2D eigenvalue weighted by Crippen LogP contribution is 2.35. The minimum Gasteiger partial charge on any atom is -0.436 e. The smallest absolute Gasteiger partial charge is 0.225 e. The number of pyridine rings is 1. The summed E-state index contributed by atoms with van der Waals surface area (Å²) < 4.78 is 12.7. The van der Waals surface area contributed by atoms with Crippen LogP contribution in [-0.2, 0) is 4.74 Å². The van der Waals surface area contributed by atoms with E-state index in [1.54, 1.807) is 6.20 Å². The lowest BCUT2D eigenvalue weighted by Crippen LogP contribution is -2.33. The number of rotatable bonds is 3. The maximum atomic E-state index is 6.16. The van der Waals surface area contributed by atoms with E-state index in [2.05, 4.69) is 41.2 Å². The highest BCUT2D eigenvalue weighted by atomic mass is 79.9. The molecule has 1 aliphatic heterocycles. The van der Waals surface area contributed by atoms with Crippen LogP contribution in [0, 0.1) is 0 Å². The number of halogens is 1. The fraction of sp³-hybridized carbons (Fsp3) is 0.200. The fourth-order valence-corrected chi connectivity index (χ4v) is 3.78. The average Bonchev–Trinajstić information content (AvgIpc) is 3.24. The largest absolute Gasteiger partial charge is 0.436 e. The van der Waals surface area contributed by atoms with Gasteiger partial charge in [-0.05, 0) is 29.3 Å². The third-order valence-corrected chi connectivity index (χ3v) is 5.24. The lowest BCUT2D eigenvalue weighted by atomic mass is 10.0. The minimum absolute atomic E-state index is 0.208. The summed E-state index contributed by atoms with van der Waals surface area (Å²) in [6.07, 6.45) is 2.86. The van der Waals surface area contributed by atoms with Crippen molar-refractivity contribution in [2.24, 2.45) is 0 Å². The Morgan fingerprint density at radius 3 is 2.93 bits per heavy atom. The second kappa shape index (κ2) is 7.51. The first kappa shape index (κ1) is 18.2. The Kier molecular flexibility index (Phi) is 4.70. The Morgan fingerprint density at radius 1 is 1.17 bits per heavy atom. The number of nitrogens with two attached hydrogens (primary N) is 1. The zero-order chi connectivity index (χ0) is 19.8. The number of nitrogens with one attached hydrogen (secondary N) is 1. The van der Waals surface area contributed by atoms with Crippen molar-refractivity contribution in [3.63, 3.8) is 0 Å². The number of anilines is 1. The van der Waals surface area contributed by atoms with Crippen LogP contribution in [0.3, 0.4) is 0 Å². The van der Waals surface area contributed by atoms with Crippen molar-refractivity contribution >= 4 is 32.8 Å². The van der Waals surface area contributed by atoms with Gasteiger partial charge in [0, 0.05) is 17.6 Å². The van der Waals surface area contributed by atoms with Gasteiger partial charge in [0.1, 0.15) is 23.9 Å². The lowest BCUT2D eigenvalue weighted by Gasteiger charge is -2.20. The summed E-state index contributed by atoms with van der Waals surface area (Å²) in [5.41, 5.74) is 9.12. The first-order valence-corrected chi connectivity index (χ1v) is 9.94. The normalized spacial score (nSPS) is 16.9. The van der Waals surface area contributed by atoms with Crippen LogP contribution < -0.4 is 11.1 Å². The van der Waals surface area contributed by atoms with Crippen LogP contribution in [0.5, 0.6) is 0 Å². The number of hydrogen-bond acceptors (Lipinski definition) is 8. The average molecular weight is 453 g/mol. The maximum Gasteiger partial charge on any atom is 0.225 e. The predicted molar refractivity (Wildman–Crippen MR) is 112 cm³/mol. The van der Waals surface area contributed by atoms with E-state index in [0.717, 1.165) is 22.1 Å². The minimum atomic E-state index is -0.208. The summed E-state index contributed by atoms with van der Waals surface area (Å²) in [7, 11) is 0. The number of aromatic nitrogens is 4. The quantitative estimate of drug-likeness (QED) is 0.486. The topological polar surface area (TPSA) is 112 Å². The molecule has 1 fully saturated rings. The van der Waals surface area contributed by atoms with E-state index in [1.807, 2.05) is 30.3 Å². The van der Waals surface area contributed by atoms with Crippen LogP contribution in [0.15, 0.2) is 51.7 Å². The van der Waals surface area contributed by atoms with E-state index in [1.165, 1.54) is 6.33 Å². The Bertz CT molecular complexity index is 1190. The van der Waals surface area contributed by atoms with Crippen LogP contribution >= 0.6 is 15.9 Å². The third-order valence-electron chi connectivity index (χ3n) is 4.75. The van der Waals surface area contributed by atoms with Gasteiger partial charge in [-0.25, -0.2) is 19.9 Å². The van der Waals surface area contributed by atoms with E-state index in [-0.39, 0.29) is 6.10 Å². The molecule has 0 aliphatic carbocycles. The molecule has 1 atom stereocenters. The van der Waals surface area contributed by atoms with Gasteiger partial charge in [0.15, 0.2) is 11.4 Å². The molecule has 3 N–H and O–H groups in total. The van der Waals surface area contributed by atoms with E-state index in [0.29, 0.717) is 47.3 Å². The third kappa shape index (κ3) is 3.48. The molecule has 0 amide bonds. The SMILES string of the molecule is Nc1ncnc2nc(-c3cnc(C4CNCCO4)o3)cc(-c3cccc(Br)c3)c12. The van der Waals surface area contributed by atoms with Gasteiger partial charge in [0.2, 0.25) is 5.89 Å². The van der Waals surface area contributed by atoms with Crippen molar-refractivity contribution in [3.05, 3.63) is 53.2 Å². The molecule has 0 saturated carbocycles. The predicted octanol–water partition coefficient (Wildman–Crippen LogP) is 3.35. The Labute approximate surface area is 174 Å². The summed E-state index contributed by atoms with van der Waals surface area (Å²) in [4.78, 5) is 17.5. The van der Waals surface area contributed by atoms with Gasteiger partial charge >= 0.3 is 0 Å². The molecule has 4 aromatic rings. The molecule has 29 heavy (non-hydrogen) atoms. The number of hydrogen-bond donors (Lipinski definition) is 2. The van der Waals surface area contributed by atoms with E-state index in [4.69, 9.17) is 14.9 Å². The number of ether oxygens (including phenoxy) is 1. The number of oxazole rings is 1. The second-order valence-corrected chi connectivity index (χ2v) is 7.56. The van der Waals surface area contributed by atoms with Crippen molar-refractivity contribution < 1.29 is 9.15 Å². The van der Waals surface area contributed by atoms with Crippen molar-refractivity contribution in [2.75, 3.05) is 25.4 Å². The molecule has 3 aromatic heterocycles.